The Morgan fingerprint density at radius 3 is 2.36 bits per heavy atom. The molecule has 2 rings (SSSR count). The van der Waals surface area contributed by atoms with Gasteiger partial charge in [0.1, 0.15) is 0 Å². The van der Waals surface area contributed by atoms with Crippen LogP contribution in [0.15, 0.2) is 53.9 Å². The number of carbonyl (C=O) groups excluding carboxylic acids is 2. The number of hydrogen-bond acceptors (Lipinski definition) is 4. The number of amides is 2. The van der Waals surface area contributed by atoms with Crippen molar-refractivity contribution >= 4 is 27.9 Å². The van der Waals surface area contributed by atoms with Crippen LogP contribution in [0, 0.1) is 13.8 Å². The minimum atomic E-state index is -3.78. The molecule has 0 aromatic heterocycles. The third-order valence-corrected chi connectivity index (χ3v) is 5.45. The van der Waals surface area contributed by atoms with Crippen molar-refractivity contribution in [2.45, 2.75) is 13.8 Å². The summed E-state index contributed by atoms with van der Waals surface area (Å²) in [5.74, 6) is -1.13. The van der Waals surface area contributed by atoms with Gasteiger partial charge in [0.2, 0.25) is 10.0 Å². The Labute approximate surface area is 165 Å². The summed E-state index contributed by atoms with van der Waals surface area (Å²) in [6.45, 7) is 3.27. The maximum Gasteiger partial charge on any atom is 0.269 e. The molecule has 0 unspecified atom stereocenters. The van der Waals surface area contributed by atoms with E-state index in [9.17, 15) is 18.0 Å². The number of benzene rings is 2. The van der Waals surface area contributed by atoms with Gasteiger partial charge < -0.3 is 0 Å². The zero-order chi connectivity index (χ0) is 20.7. The number of aryl methyl sites for hydroxylation is 2. The number of carbonyl (C=O) groups is 2. The summed E-state index contributed by atoms with van der Waals surface area (Å²) in [6.07, 6.45) is 1.45. The van der Waals surface area contributed by atoms with E-state index in [1.54, 1.807) is 43.3 Å². The number of sulfonamides is 1. The van der Waals surface area contributed by atoms with Crippen LogP contribution >= 0.6 is 0 Å². The van der Waals surface area contributed by atoms with E-state index in [1.165, 1.54) is 13.1 Å². The van der Waals surface area contributed by atoms with Crippen LogP contribution in [-0.2, 0) is 14.8 Å². The van der Waals surface area contributed by atoms with E-state index in [-0.39, 0.29) is 0 Å². The summed E-state index contributed by atoms with van der Waals surface area (Å²) in [6, 6.07) is 14.3. The van der Waals surface area contributed by atoms with Gasteiger partial charge in [-0.05, 0) is 37.1 Å². The Morgan fingerprint density at radius 1 is 1.04 bits per heavy atom. The minimum Gasteiger partial charge on any atom is -0.272 e. The monoisotopic (exact) mass is 401 g/mol. The Bertz CT molecular complexity index is 986. The van der Waals surface area contributed by atoms with Crippen LogP contribution in [0.3, 0.4) is 0 Å². The maximum absolute atomic E-state index is 12.2. The number of likely N-dealkylation sites (N-methyl/N-ethyl adjacent to an activating group) is 1. The molecule has 8 heteroatoms. The van der Waals surface area contributed by atoms with Gasteiger partial charge in [-0.1, -0.05) is 48.0 Å². The first-order valence-corrected chi connectivity index (χ1v) is 10.1. The molecule has 0 saturated carbocycles. The van der Waals surface area contributed by atoms with Crippen LogP contribution in [-0.4, -0.2) is 38.1 Å². The van der Waals surface area contributed by atoms with Crippen LogP contribution in [0.1, 0.15) is 27.0 Å². The van der Waals surface area contributed by atoms with E-state index in [2.05, 4.69) is 10.9 Å². The molecule has 0 atom stereocenters. The zero-order valence-corrected chi connectivity index (χ0v) is 16.8. The van der Waals surface area contributed by atoms with E-state index in [0.717, 1.165) is 26.4 Å². The average molecular weight is 401 g/mol. The highest BCUT2D eigenvalue weighted by Crippen LogP contribution is 2.10. The summed E-state index contributed by atoms with van der Waals surface area (Å²) in [4.78, 5) is 24.1. The second-order valence-corrected chi connectivity index (χ2v) is 8.26. The summed E-state index contributed by atoms with van der Waals surface area (Å²) in [5.41, 5.74) is 7.48. The smallest absolute Gasteiger partial charge is 0.269 e. The van der Waals surface area contributed by atoms with Crippen molar-refractivity contribution < 1.29 is 18.0 Å². The van der Waals surface area contributed by atoms with Gasteiger partial charge >= 0.3 is 0 Å². The molecule has 2 N–H and O–H groups in total. The van der Waals surface area contributed by atoms with Gasteiger partial charge in [0.05, 0.1) is 6.54 Å². The Hall–Kier alpha value is -2.97. The van der Waals surface area contributed by atoms with Gasteiger partial charge in [-0.3, -0.25) is 20.4 Å². The molecule has 0 aliphatic rings. The first-order chi connectivity index (χ1) is 13.2. The molecule has 2 amide bonds. The molecule has 7 nitrogen and oxygen atoms in total. The van der Waals surface area contributed by atoms with Crippen LogP contribution < -0.4 is 10.9 Å². The number of hydrazine groups is 1. The average Bonchev–Trinajstić information content (AvgIpc) is 2.65. The van der Waals surface area contributed by atoms with Gasteiger partial charge in [0.15, 0.2) is 0 Å². The Kier molecular flexibility index (Phi) is 7.08. The largest absolute Gasteiger partial charge is 0.272 e. The molecule has 148 valence electrons. The van der Waals surface area contributed by atoms with Gasteiger partial charge in [-0.2, -0.15) is 4.31 Å². The van der Waals surface area contributed by atoms with Crippen LogP contribution in [0.25, 0.3) is 6.08 Å². The molecule has 0 fully saturated rings. The predicted molar refractivity (Wildman–Crippen MR) is 109 cm³/mol. The van der Waals surface area contributed by atoms with Crippen molar-refractivity contribution in [3.05, 3.63) is 76.2 Å². The van der Waals surface area contributed by atoms with Gasteiger partial charge in [0.25, 0.3) is 11.8 Å². The molecule has 28 heavy (non-hydrogen) atoms. The fourth-order valence-corrected chi connectivity index (χ4v) is 3.26. The standard InChI is InChI=1S/C20H23N3O4S/c1-15-9-10-18(16(2)13-15)20(25)22-21-19(24)14-23(3)28(26,27)12-11-17-7-5-4-6-8-17/h4-13H,14H2,1-3H3,(H,21,24)(H,22,25)/b12-11+. The molecule has 0 radical (unpaired) electrons. The first kappa shape index (κ1) is 21.3. The van der Waals surface area contributed by atoms with Gasteiger partial charge in [0, 0.05) is 18.0 Å². The fraction of sp³-hybridized carbons (Fsp3) is 0.200. The maximum atomic E-state index is 12.2. The topological polar surface area (TPSA) is 95.6 Å². The van der Waals surface area contributed by atoms with Crippen molar-refractivity contribution in [1.82, 2.24) is 15.2 Å². The van der Waals surface area contributed by atoms with Crippen molar-refractivity contribution in [2.24, 2.45) is 0 Å². The second kappa shape index (κ2) is 9.29. The third kappa shape index (κ3) is 6.04. The van der Waals surface area contributed by atoms with Crippen molar-refractivity contribution in [1.29, 1.82) is 0 Å². The molecule has 0 aliphatic carbocycles. The molecular formula is C20H23N3O4S. The Morgan fingerprint density at radius 2 is 1.71 bits per heavy atom. The van der Waals surface area contributed by atoms with E-state index in [4.69, 9.17) is 0 Å². The van der Waals surface area contributed by atoms with Crippen LogP contribution in [0.2, 0.25) is 0 Å². The minimum absolute atomic E-state index is 0.428. The molecule has 2 aromatic rings. The second-order valence-electron chi connectivity index (χ2n) is 6.34. The van der Waals surface area contributed by atoms with Crippen molar-refractivity contribution in [2.75, 3.05) is 13.6 Å². The number of hydrogen-bond donors (Lipinski definition) is 2. The fourth-order valence-electron chi connectivity index (χ4n) is 2.43. The van der Waals surface area contributed by atoms with E-state index in [0.29, 0.717) is 5.56 Å². The Balaban J connectivity index is 1.91. The molecule has 0 saturated heterocycles. The number of nitrogens with zero attached hydrogens (tertiary/aromatic N) is 1. The van der Waals surface area contributed by atoms with Crippen LogP contribution in [0.4, 0.5) is 0 Å². The van der Waals surface area contributed by atoms with E-state index < -0.39 is 28.4 Å². The number of nitrogens with one attached hydrogen (secondary N) is 2. The summed E-state index contributed by atoms with van der Waals surface area (Å²) < 4.78 is 25.4. The third-order valence-electron chi connectivity index (χ3n) is 3.97. The lowest BCUT2D eigenvalue weighted by molar-refractivity contribution is -0.121. The predicted octanol–water partition coefficient (Wildman–Crippen LogP) is 2.00. The summed E-state index contributed by atoms with van der Waals surface area (Å²) >= 11 is 0. The normalized spacial score (nSPS) is 11.6. The molecule has 0 aliphatic heterocycles. The van der Waals surface area contributed by atoms with Gasteiger partial charge in [-0.25, -0.2) is 8.42 Å². The summed E-state index contributed by atoms with van der Waals surface area (Å²) in [7, 11) is -2.49. The van der Waals surface area contributed by atoms with Crippen molar-refractivity contribution in [3.8, 4) is 0 Å². The molecule has 0 bridgehead atoms. The molecule has 2 aromatic carbocycles. The summed E-state index contributed by atoms with van der Waals surface area (Å²) in [5, 5.41) is 1.03. The number of rotatable bonds is 6. The lowest BCUT2D eigenvalue weighted by Crippen LogP contribution is -2.46. The quantitative estimate of drug-likeness (QED) is 0.724. The zero-order valence-electron chi connectivity index (χ0n) is 16.0. The van der Waals surface area contributed by atoms with Gasteiger partial charge in [-0.15, -0.1) is 0 Å². The molecular weight excluding hydrogens is 378 g/mol. The molecule has 0 spiro atoms. The van der Waals surface area contributed by atoms with E-state index in [1.807, 2.05) is 19.1 Å². The lowest BCUT2D eigenvalue weighted by atomic mass is 10.1. The lowest BCUT2D eigenvalue weighted by Gasteiger charge is -2.15. The van der Waals surface area contributed by atoms with Crippen LogP contribution in [0.5, 0.6) is 0 Å². The highest BCUT2D eigenvalue weighted by molar-refractivity contribution is 7.92. The molecule has 0 heterocycles. The van der Waals surface area contributed by atoms with Crippen molar-refractivity contribution in [3.63, 3.8) is 0 Å². The van der Waals surface area contributed by atoms with E-state index >= 15 is 0 Å². The first-order valence-electron chi connectivity index (χ1n) is 8.55. The SMILES string of the molecule is Cc1ccc(C(=O)NNC(=O)CN(C)S(=O)(=O)/C=C/c2ccccc2)c(C)c1. The highest BCUT2D eigenvalue weighted by Gasteiger charge is 2.18. The highest BCUT2D eigenvalue weighted by atomic mass is 32.2.